The van der Waals surface area contributed by atoms with E-state index in [0.29, 0.717) is 9.75 Å². The van der Waals surface area contributed by atoms with E-state index >= 15 is 0 Å². The Hall–Kier alpha value is -3.73. The van der Waals surface area contributed by atoms with Crippen LogP contribution < -0.4 is 16.2 Å². The molecule has 0 spiro atoms. The van der Waals surface area contributed by atoms with Crippen molar-refractivity contribution in [1.82, 2.24) is 9.88 Å². The zero-order valence-electron chi connectivity index (χ0n) is 16.1. The summed E-state index contributed by atoms with van der Waals surface area (Å²) in [6, 6.07) is 5.24. The van der Waals surface area contributed by atoms with Crippen LogP contribution in [0, 0.1) is 11.6 Å². The molecule has 1 unspecified atom stereocenters. The monoisotopic (exact) mass is 449 g/mol. The molecule has 2 aromatic heterocycles. The summed E-state index contributed by atoms with van der Waals surface area (Å²) >= 11 is 0.988. The zero-order chi connectivity index (χ0) is 22.7. The number of halogens is 2. The summed E-state index contributed by atoms with van der Waals surface area (Å²) < 4.78 is 28.7. The summed E-state index contributed by atoms with van der Waals surface area (Å²) in [5.74, 6) is -2.94. The van der Waals surface area contributed by atoms with E-state index in [1.807, 2.05) is 0 Å². The average molecular weight is 449 g/mol. The number of aliphatic carboxylic acids is 1. The number of nitrogens with one attached hydrogen (secondary N) is 2. The van der Waals surface area contributed by atoms with Crippen LogP contribution in [0.5, 0.6) is 5.75 Å². The quantitative estimate of drug-likeness (QED) is 0.460. The Morgan fingerprint density at radius 3 is 2.65 bits per heavy atom. The lowest BCUT2D eigenvalue weighted by Gasteiger charge is -2.16. The standard InChI is InChI=1S/C20H17F2N3O5S/c1-25-7-6-14(26)18(19(25)29)24-20(30)23-13(9-17(27)28)16-5-4-15(31-16)11-8-10(21)2-3-12(11)22/h2-8,13,26H,9H2,1H3,(H,27,28)(H2,23,24,30). The van der Waals surface area contributed by atoms with E-state index in [4.69, 9.17) is 0 Å². The second kappa shape index (κ2) is 8.96. The number of benzene rings is 1. The first-order chi connectivity index (χ1) is 14.7. The Bertz CT molecular complexity index is 1210. The summed E-state index contributed by atoms with van der Waals surface area (Å²) in [5, 5.41) is 23.7. The van der Waals surface area contributed by atoms with Gasteiger partial charge in [-0.2, -0.15) is 0 Å². The molecule has 1 aromatic carbocycles. The van der Waals surface area contributed by atoms with Gasteiger partial charge in [0.05, 0.1) is 12.5 Å². The molecule has 0 bridgehead atoms. The molecule has 4 N–H and O–H groups in total. The van der Waals surface area contributed by atoms with Gasteiger partial charge in [0.1, 0.15) is 17.4 Å². The van der Waals surface area contributed by atoms with Crippen molar-refractivity contribution >= 4 is 29.0 Å². The van der Waals surface area contributed by atoms with E-state index in [0.717, 1.165) is 34.1 Å². The van der Waals surface area contributed by atoms with Crippen molar-refractivity contribution in [2.75, 3.05) is 5.32 Å². The third-order valence-corrected chi connectivity index (χ3v) is 5.57. The molecule has 162 valence electrons. The van der Waals surface area contributed by atoms with Gasteiger partial charge in [0.15, 0.2) is 5.69 Å². The van der Waals surface area contributed by atoms with Gasteiger partial charge in [-0.25, -0.2) is 13.6 Å². The molecule has 3 rings (SSSR count). The third-order valence-electron chi connectivity index (χ3n) is 4.33. The molecule has 2 heterocycles. The van der Waals surface area contributed by atoms with Gasteiger partial charge in [-0.3, -0.25) is 9.59 Å². The van der Waals surface area contributed by atoms with Crippen molar-refractivity contribution in [3.63, 3.8) is 0 Å². The zero-order valence-corrected chi connectivity index (χ0v) is 16.9. The highest BCUT2D eigenvalue weighted by Crippen LogP contribution is 2.34. The predicted molar refractivity (Wildman–Crippen MR) is 110 cm³/mol. The highest BCUT2D eigenvalue weighted by Gasteiger charge is 2.22. The second-order valence-electron chi connectivity index (χ2n) is 6.57. The fourth-order valence-electron chi connectivity index (χ4n) is 2.81. The number of aromatic hydroxyl groups is 1. The van der Waals surface area contributed by atoms with E-state index in [-0.39, 0.29) is 11.3 Å². The number of thiophene rings is 1. The van der Waals surface area contributed by atoms with Crippen molar-refractivity contribution in [3.8, 4) is 16.2 Å². The normalized spacial score (nSPS) is 11.7. The smallest absolute Gasteiger partial charge is 0.320 e. The molecule has 0 saturated carbocycles. The van der Waals surface area contributed by atoms with Gasteiger partial charge in [-0.15, -0.1) is 11.3 Å². The van der Waals surface area contributed by atoms with E-state index in [2.05, 4.69) is 10.6 Å². The summed E-state index contributed by atoms with van der Waals surface area (Å²) in [7, 11) is 1.43. The van der Waals surface area contributed by atoms with Gasteiger partial charge in [-0.05, 0) is 36.4 Å². The summed E-state index contributed by atoms with van der Waals surface area (Å²) in [6.07, 6.45) is 0.810. The summed E-state index contributed by atoms with van der Waals surface area (Å²) in [5.41, 5.74) is -1.03. The first-order valence-electron chi connectivity index (χ1n) is 8.88. The number of hydrogen-bond donors (Lipinski definition) is 4. The van der Waals surface area contributed by atoms with Gasteiger partial charge >= 0.3 is 12.0 Å². The fourth-order valence-corrected chi connectivity index (χ4v) is 3.89. The maximum Gasteiger partial charge on any atom is 0.320 e. The van der Waals surface area contributed by atoms with Gasteiger partial charge in [-0.1, -0.05) is 0 Å². The van der Waals surface area contributed by atoms with E-state index in [1.165, 1.54) is 31.4 Å². The minimum absolute atomic E-state index is 0.00693. The van der Waals surface area contributed by atoms with Crippen molar-refractivity contribution < 1.29 is 28.6 Å². The van der Waals surface area contributed by atoms with Crippen molar-refractivity contribution in [2.24, 2.45) is 7.05 Å². The minimum Gasteiger partial charge on any atom is -0.505 e. The van der Waals surface area contributed by atoms with Gasteiger partial charge < -0.3 is 25.4 Å². The maximum absolute atomic E-state index is 14.0. The molecule has 8 nitrogen and oxygen atoms in total. The molecular formula is C20H17F2N3O5S. The van der Waals surface area contributed by atoms with Gasteiger partial charge in [0, 0.05) is 28.6 Å². The van der Waals surface area contributed by atoms with Crippen molar-refractivity contribution in [2.45, 2.75) is 12.5 Å². The lowest BCUT2D eigenvalue weighted by molar-refractivity contribution is -0.137. The van der Waals surface area contributed by atoms with Gasteiger partial charge in [0.25, 0.3) is 5.56 Å². The van der Waals surface area contributed by atoms with Crippen LogP contribution in [0.25, 0.3) is 10.4 Å². The Morgan fingerprint density at radius 1 is 1.19 bits per heavy atom. The second-order valence-corrected chi connectivity index (χ2v) is 7.68. The Balaban J connectivity index is 1.85. The number of carboxylic acid groups (broad SMARTS) is 1. The highest BCUT2D eigenvalue weighted by atomic mass is 32.1. The number of aromatic nitrogens is 1. The largest absolute Gasteiger partial charge is 0.505 e. The van der Waals surface area contributed by atoms with E-state index < -0.39 is 47.4 Å². The number of carboxylic acids is 1. The Labute approximate surface area is 178 Å². The topological polar surface area (TPSA) is 121 Å². The molecule has 2 amide bonds. The van der Waals surface area contributed by atoms with E-state index in [1.54, 1.807) is 0 Å². The number of nitrogens with zero attached hydrogens (tertiary/aromatic N) is 1. The SMILES string of the molecule is Cn1ccc(O)c(NC(=O)NC(CC(=O)O)c2ccc(-c3cc(F)ccc3F)s2)c1=O. The van der Waals surface area contributed by atoms with Crippen LogP contribution in [-0.2, 0) is 11.8 Å². The molecule has 0 radical (unpaired) electrons. The summed E-state index contributed by atoms with van der Waals surface area (Å²) in [6.45, 7) is 0. The number of amides is 2. The molecule has 0 saturated heterocycles. The molecule has 3 aromatic rings. The number of urea groups is 1. The number of pyridine rings is 1. The maximum atomic E-state index is 14.0. The number of anilines is 1. The molecule has 1 atom stereocenters. The first-order valence-corrected chi connectivity index (χ1v) is 9.70. The molecule has 0 aliphatic heterocycles. The van der Waals surface area contributed by atoms with Crippen LogP contribution in [0.3, 0.4) is 0 Å². The lowest BCUT2D eigenvalue weighted by atomic mass is 10.1. The van der Waals surface area contributed by atoms with Crippen LogP contribution in [0.1, 0.15) is 17.3 Å². The molecule has 0 aliphatic rings. The van der Waals surface area contributed by atoms with Crippen LogP contribution in [0.2, 0.25) is 0 Å². The van der Waals surface area contributed by atoms with Crippen LogP contribution in [0.15, 0.2) is 47.4 Å². The number of carbonyl (C=O) groups excluding carboxylic acids is 1. The fraction of sp³-hybridized carbons (Fsp3) is 0.150. The van der Waals surface area contributed by atoms with Crippen molar-refractivity contribution in [3.05, 3.63) is 69.5 Å². The van der Waals surface area contributed by atoms with Crippen molar-refractivity contribution in [1.29, 1.82) is 0 Å². The predicted octanol–water partition coefficient (Wildman–Crippen LogP) is 3.44. The first kappa shape index (κ1) is 22.0. The Morgan fingerprint density at radius 2 is 1.94 bits per heavy atom. The Kier molecular flexibility index (Phi) is 6.35. The number of carbonyl (C=O) groups is 2. The molecule has 11 heteroatoms. The summed E-state index contributed by atoms with van der Waals surface area (Å²) in [4.78, 5) is 36.5. The number of rotatable bonds is 6. The number of hydrogen-bond acceptors (Lipinski definition) is 5. The van der Waals surface area contributed by atoms with Gasteiger partial charge in [0.2, 0.25) is 0 Å². The highest BCUT2D eigenvalue weighted by molar-refractivity contribution is 7.15. The molecule has 31 heavy (non-hydrogen) atoms. The van der Waals surface area contributed by atoms with E-state index in [9.17, 15) is 33.4 Å². The lowest BCUT2D eigenvalue weighted by Crippen LogP contribution is -2.35. The molecule has 0 fully saturated rings. The van der Waals surface area contributed by atoms with Crippen LogP contribution in [-0.4, -0.2) is 26.8 Å². The van der Waals surface area contributed by atoms with Crippen LogP contribution >= 0.6 is 11.3 Å². The van der Waals surface area contributed by atoms with Crippen LogP contribution in [0.4, 0.5) is 19.3 Å². The minimum atomic E-state index is -1.21. The molecular weight excluding hydrogens is 432 g/mol. The number of aryl methyl sites for hydroxylation is 1. The average Bonchev–Trinajstić information content (AvgIpc) is 3.19. The molecule has 0 aliphatic carbocycles. The third kappa shape index (κ3) is 5.07.